The molecule has 1 unspecified atom stereocenters. The number of aromatic nitrogens is 3. The molecule has 0 aliphatic carbocycles. The Hall–Kier alpha value is -4.14. The maximum Gasteiger partial charge on any atom is 0.328 e. The summed E-state index contributed by atoms with van der Waals surface area (Å²) in [6.07, 6.45) is 3.40. The van der Waals surface area contributed by atoms with Gasteiger partial charge in [-0.1, -0.05) is 24.3 Å². The van der Waals surface area contributed by atoms with Gasteiger partial charge in [0.15, 0.2) is 0 Å². The predicted octanol–water partition coefficient (Wildman–Crippen LogP) is 3.39. The SMILES string of the molecule is COC(=O)C(Cc1cc(C)c2[nH]ncc2c1)NC(=O)N1CCC(c2cc3ccccc3[nH]c2=O)CC1. The van der Waals surface area contributed by atoms with Crippen LogP contribution in [0.25, 0.3) is 21.8 Å². The molecule has 0 saturated carbocycles. The summed E-state index contributed by atoms with van der Waals surface area (Å²) >= 11 is 0. The second kappa shape index (κ2) is 9.85. The van der Waals surface area contributed by atoms with E-state index in [9.17, 15) is 14.4 Å². The van der Waals surface area contributed by atoms with Crippen molar-refractivity contribution < 1.29 is 14.3 Å². The minimum atomic E-state index is -0.813. The summed E-state index contributed by atoms with van der Waals surface area (Å²) in [5, 5.41) is 11.8. The van der Waals surface area contributed by atoms with Gasteiger partial charge in [-0.25, -0.2) is 9.59 Å². The molecule has 9 nitrogen and oxygen atoms in total. The van der Waals surface area contributed by atoms with Crippen molar-refractivity contribution >= 4 is 33.8 Å². The number of methoxy groups -OCH3 is 1. The van der Waals surface area contributed by atoms with Gasteiger partial charge in [-0.3, -0.25) is 9.89 Å². The fourth-order valence-corrected chi connectivity index (χ4v) is 5.10. The Morgan fingerprint density at radius 1 is 1.17 bits per heavy atom. The van der Waals surface area contributed by atoms with Crippen molar-refractivity contribution in [2.45, 2.75) is 38.1 Å². The zero-order valence-electron chi connectivity index (χ0n) is 20.3. The lowest BCUT2D eigenvalue weighted by molar-refractivity contribution is -0.142. The maximum absolute atomic E-state index is 13.1. The van der Waals surface area contributed by atoms with Crippen molar-refractivity contribution in [1.29, 1.82) is 0 Å². The van der Waals surface area contributed by atoms with Crippen LogP contribution in [0.5, 0.6) is 0 Å². The van der Waals surface area contributed by atoms with Crippen LogP contribution in [0.3, 0.4) is 0 Å². The fourth-order valence-electron chi connectivity index (χ4n) is 5.10. The molecule has 1 atom stereocenters. The highest BCUT2D eigenvalue weighted by atomic mass is 16.5. The first kappa shape index (κ1) is 23.6. The van der Waals surface area contributed by atoms with E-state index < -0.39 is 12.0 Å². The molecular weight excluding hydrogens is 458 g/mol. The number of nitrogens with zero attached hydrogens (tertiary/aromatic N) is 2. The average Bonchev–Trinajstić information content (AvgIpc) is 3.37. The smallest absolute Gasteiger partial charge is 0.328 e. The quantitative estimate of drug-likeness (QED) is 0.373. The third-order valence-corrected chi connectivity index (χ3v) is 7.03. The highest BCUT2D eigenvalue weighted by Crippen LogP contribution is 2.27. The standard InChI is InChI=1S/C27H29N5O4/c1-16-11-17(12-20-15-28-31-24(16)20)13-23(26(34)36-2)30-27(35)32-9-7-18(8-10-32)21-14-19-5-3-4-6-22(19)29-25(21)33/h3-6,11-12,14-15,18,23H,7-10,13H2,1-2H3,(H,28,31)(H,29,33)(H,30,35). The van der Waals surface area contributed by atoms with E-state index in [4.69, 9.17) is 4.74 Å². The van der Waals surface area contributed by atoms with Crippen LogP contribution >= 0.6 is 0 Å². The molecule has 3 N–H and O–H groups in total. The summed E-state index contributed by atoms with van der Waals surface area (Å²) in [5.41, 5.74) is 4.37. The van der Waals surface area contributed by atoms with Gasteiger partial charge in [-0.15, -0.1) is 0 Å². The number of fused-ring (bicyclic) bond motifs is 2. The first-order valence-corrected chi connectivity index (χ1v) is 12.1. The van der Waals surface area contributed by atoms with Gasteiger partial charge in [-0.2, -0.15) is 5.10 Å². The van der Waals surface area contributed by atoms with E-state index in [2.05, 4.69) is 20.5 Å². The number of urea groups is 1. The van der Waals surface area contributed by atoms with Crippen molar-refractivity contribution in [3.63, 3.8) is 0 Å². The Morgan fingerprint density at radius 2 is 1.94 bits per heavy atom. The maximum atomic E-state index is 13.1. The summed E-state index contributed by atoms with van der Waals surface area (Å²) < 4.78 is 4.97. The van der Waals surface area contributed by atoms with Gasteiger partial charge >= 0.3 is 12.0 Å². The van der Waals surface area contributed by atoms with Crippen LogP contribution < -0.4 is 10.9 Å². The minimum absolute atomic E-state index is 0.0727. The number of ether oxygens (including phenoxy) is 1. The van der Waals surface area contributed by atoms with Crippen molar-refractivity contribution in [2.24, 2.45) is 0 Å². The number of benzene rings is 2. The molecule has 3 heterocycles. The van der Waals surface area contributed by atoms with Crippen LogP contribution in [0.2, 0.25) is 0 Å². The van der Waals surface area contributed by atoms with Gasteiger partial charge in [0.1, 0.15) is 6.04 Å². The van der Waals surface area contributed by atoms with E-state index in [-0.39, 0.29) is 17.5 Å². The Balaban J connectivity index is 1.25. The topological polar surface area (TPSA) is 120 Å². The number of carbonyl (C=O) groups is 2. The van der Waals surface area contributed by atoms with Crippen LogP contribution in [0.15, 0.2) is 53.5 Å². The number of hydrogen-bond donors (Lipinski definition) is 3. The summed E-state index contributed by atoms with van der Waals surface area (Å²) in [7, 11) is 1.32. The van der Waals surface area contributed by atoms with Gasteiger partial charge in [0, 0.05) is 36.0 Å². The molecule has 5 rings (SSSR count). The van der Waals surface area contributed by atoms with Crippen molar-refractivity contribution in [3.8, 4) is 0 Å². The monoisotopic (exact) mass is 487 g/mol. The molecule has 2 aromatic heterocycles. The van der Waals surface area contributed by atoms with Crippen LogP contribution in [0.4, 0.5) is 4.79 Å². The molecule has 2 aromatic carbocycles. The molecule has 1 fully saturated rings. The molecule has 2 amide bonds. The Morgan fingerprint density at radius 3 is 2.72 bits per heavy atom. The van der Waals surface area contributed by atoms with Crippen LogP contribution in [0, 0.1) is 6.92 Å². The van der Waals surface area contributed by atoms with E-state index >= 15 is 0 Å². The van der Waals surface area contributed by atoms with E-state index in [0.29, 0.717) is 32.4 Å². The lowest BCUT2D eigenvalue weighted by atomic mass is 9.89. The fraction of sp³-hybridized carbons (Fsp3) is 0.333. The van der Waals surface area contributed by atoms with Gasteiger partial charge in [0.25, 0.3) is 5.56 Å². The lowest BCUT2D eigenvalue weighted by Gasteiger charge is -2.33. The second-order valence-electron chi connectivity index (χ2n) is 9.38. The van der Waals surface area contributed by atoms with Crippen LogP contribution in [-0.2, 0) is 16.0 Å². The number of nitrogens with one attached hydrogen (secondary N) is 3. The lowest BCUT2D eigenvalue weighted by Crippen LogP contribution is -2.51. The Bertz CT molecular complexity index is 1480. The molecule has 0 radical (unpaired) electrons. The number of amides is 2. The number of piperidine rings is 1. The predicted molar refractivity (Wildman–Crippen MR) is 137 cm³/mol. The number of aromatic amines is 2. The zero-order valence-corrected chi connectivity index (χ0v) is 20.3. The highest BCUT2D eigenvalue weighted by Gasteiger charge is 2.29. The van der Waals surface area contributed by atoms with Crippen molar-refractivity contribution in [1.82, 2.24) is 25.4 Å². The molecule has 4 aromatic rings. The largest absolute Gasteiger partial charge is 0.467 e. The van der Waals surface area contributed by atoms with Crippen molar-refractivity contribution in [2.75, 3.05) is 20.2 Å². The average molecular weight is 488 g/mol. The third kappa shape index (κ3) is 4.68. The summed E-state index contributed by atoms with van der Waals surface area (Å²) in [4.78, 5) is 42.9. The minimum Gasteiger partial charge on any atom is -0.467 e. The summed E-state index contributed by atoms with van der Waals surface area (Å²) in [6, 6.07) is 12.5. The molecular formula is C27H29N5O4. The molecule has 0 spiro atoms. The molecule has 1 aliphatic rings. The van der Waals surface area contributed by atoms with E-state index in [1.54, 1.807) is 11.1 Å². The molecule has 0 bridgehead atoms. The van der Waals surface area contributed by atoms with Crippen molar-refractivity contribution in [3.05, 3.63) is 75.7 Å². The van der Waals surface area contributed by atoms with Gasteiger partial charge in [0.2, 0.25) is 0 Å². The van der Waals surface area contributed by atoms with E-state index in [1.807, 2.05) is 49.4 Å². The van der Waals surface area contributed by atoms with E-state index in [1.165, 1.54) is 7.11 Å². The third-order valence-electron chi connectivity index (χ3n) is 7.03. The Labute approximate surface area is 207 Å². The number of likely N-dealkylation sites (tertiary alicyclic amines) is 1. The molecule has 1 saturated heterocycles. The number of H-pyrrole nitrogens is 2. The van der Waals surface area contributed by atoms with E-state index in [0.717, 1.165) is 38.5 Å². The zero-order chi connectivity index (χ0) is 25.2. The first-order valence-electron chi connectivity index (χ1n) is 12.1. The van der Waals surface area contributed by atoms with Gasteiger partial charge in [0.05, 0.1) is 18.8 Å². The Kier molecular flexibility index (Phi) is 6.45. The second-order valence-corrected chi connectivity index (χ2v) is 9.38. The van der Waals surface area contributed by atoms with Crippen LogP contribution in [0.1, 0.15) is 35.4 Å². The molecule has 9 heteroatoms. The number of aryl methyl sites for hydroxylation is 1. The highest BCUT2D eigenvalue weighted by molar-refractivity contribution is 5.85. The number of carbonyl (C=O) groups excluding carboxylic acids is 2. The number of hydrogen-bond acceptors (Lipinski definition) is 5. The number of rotatable bonds is 5. The van der Waals surface area contributed by atoms with Gasteiger partial charge < -0.3 is 19.9 Å². The number of pyridine rings is 1. The first-order chi connectivity index (χ1) is 17.4. The normalized spacial score (nSPS) is 15.2. The molecule has 1 aliphatic heterocycles. The van der Waals surface area contributed by atoms with Gasteiger partial charge in [-0.05, 0) is 60.4 Å². The molecule has 186 valence electrons. The number of esters is 1. The number of para-hydroxylation sites is 1. The van der Waals surface area contributed by atoms with Crippen LogP contribution in [-0.4, -0.2) is 58.3 Å². The summed E-state index contributed by atoms with van der Waals surface area (Å²) in [6.45, 7) is 2.97. The molecule has 36 heavy (non-hydrogen) atoms. The summed E-state index contributed by atoms with van der Waals surface area (Å²) in [5.74, 6) is -0.422.